The molecule has 1 amide bonds. The van der Waals surface area contributed by atoms with Crippen molar-refractivity contribution in [1.29, 1.82) is 0 Å². The molecular formula is C13H14N2O2. The van der Waals surface area contributed by atoms with Crippen molar-refractivity contribution >= 4 is 17.7 Å². The molecule has 17 heavy (non-hydrogen) atoms. The Balaban J connectivity index is 2.25. The van der Waals surface area contributed by atoms with E-state index in [1.807, 2.05) is 37.3 Å². The standard InChI is InChI=1S/C13H14N2O2/c1-9-11(8-13(16)15-14-9)7-10-3-5-12(17-2)6-4-10/h3-7H,8H2,1-2H3,(H,15,16). The molecule has 0 atom stereocenters. The molecule has 0 saturated carbocycles. The quantitative estimate of drug-likeness (QED) is 0.844. The molecule has 0 aromatic heterocycles. The lowest BCUT2D eigenvalue weighted by molar-refractivity contribution is -0.120. The first-order chi connectivity index (χ1) is 8.19. The van der Waals surface area contributed by atoms with Crippen molar-refractivity contribution in [2.75, 3.05) is 7.11 Å². The lowest BCUT2D eigenvalue weighted by atomic mass is 10.0. The molecule has 1 aromatic rings. The van der Waals surface area contributed by atoms with E-state index in [9.17, 15) is 4.79 Å². The van der Waals surface area contributed by atoms with Crippen molar-refractivity contribution in [1.82, 2.24) is 5.43 Å². The van der Waals surface area contributed by atoms with Crippen molar-refractivity contribution in [2.45, 2.75) is 13.3 Å². The molecule has 4 heteroatoms. The highest BCUT2D eigenvalue weighted by atomic mass is 16.5. The number of amides is 1. The van der Waals surface area contributed by atoms with Crippen LogP contribution in [0.4, 0.5) is 0 Å². The van der Waals surface area contributed by atoms with Crippen LogP contribution in [0.15, 0.2) is 34.9 Å². The second kappa shape index (κ2) is 4.82. The number of benzene rings is 1. The minimum atomic E-state index is -0.0737. The number of hydrogen-bond donors (Lipinski definition) is 1. The maximum Gasteiger partial charge on any atom is 0.244 e. The summed E-state index contributed by atoms with van der Waals surface area (Å²) >= 11 is 0. The van der Waals surface area contributed by atoms with Gasteiger partial charge in [0.25, 0.3) is 0 Å². The highest BCUT2D eigenvalue weighted by Gasteiger charge is 2.13. The monoisotopic (exact) mass is 230 g/mol. The average molecular weight is 230 g/mol. The van der Waals surface area contributed by atoms with Gasteiger partial charge in [-0.1, -0.05) is 12.1 Å². The average Bonchev–Trinajstić information content (AvgIpc) is 2.35. The molecule has 1 N–H and O–H groups in total. The molecule has 0 radical (unpaired) electrons. The number of nitrogens with zero attached hydrogens (tertiary/aromatic N) is 1. The van der Waals surface area contributed by atoms with Gasteiger partial charge in [-0.25, -0.2) is 5.43 Å². The number of hydrogen-bond acceptors (Lipinski definition) is 3. The number of rotatable bonds is 2. The van der Waals surface area contributed by atoms with E-state index in [1.54, 1.807) is 7.11 Å². The first kappa shape index (κ1) is 11.4. The SMILES string of the molecule is COc1ccc(C=C2CC(=O)NN=C2C)cc1. The summed E-state index contributed by atoms with van der Waals surface area (Å²) in [4.78, 5) is 11.2. The Morgan fingerprint density at radius 2 is 2.06 bits per heavy atom. The predicted molar refractivity (Wildman–Crippen MR) is 66.8 cm³/mol. The summed E-state index contributed by atoms with van der Waals surface area (Å²) in [6.45, 7) is 1.88. The van der Waals surface area contributed by atoms with Gasteiger partial charge in [0.1, 0.15) is 5.75 Å². The van der Waals surface area contributed by atoms with E-state index in [1.165, 1.54) is 0 Å². The van der Waals surface area contributed by atoms with Crippen LogP contribution in [0.2, 0.25) is 0 Å². The molecule has 1 heterocycles. The van der Waals surface area contributed by atoms with Crippen molar-refractivity contribution < 1.29 is 9.53 Å². The van der Waals surface area contributed by atoms with Crippen LogP contribution in [0.3, 0.4) is 0 Å². The maximum atomic E-state index is 11.2. The fourth-order valence-corrected chi connectivity index (χ4v) is 1.62. The molecule has 88 valence electrons. The summed E-state index contributed by atoms with van der Waals surface area (Å²) < 4.78 is 5.09. The van der Waals surface area contributed by atoms with E-state index >= 15 is 0 Å². The molecule has 1 aromatic carbocycles. The Labute approximate surface area is 100.0 Å². The van der Waals surface area contributed by atoms with E-state index in [2.05, 4.69) is 10.5 Å². The second-order valence-corrected chi connectivity index (χ2v) is 3.85. The van der Waals surface area contributed by atoms with Crippen LogP contribution in [0.25, 0.3) is 6.08 Å². The summed E-state index contributed by atoms with van der Waals surface area (Å²) in [5.74, 6) is 0.745. The van der Waals surface area contributed by atoms with Gasteiger partial charge in [-0.3, -0.25) is 4.79 Å². The zero-order chi connectivity index (χ0) is 12.3. The van der Waals surface area contributed by atoms with Crippen LogP contribution in [0.1, 0.15) is 18.9 Å². The number of methoxy groups -OCH3 is 1. The molecule has 2 rings (SSSR count). The zero-order valence-corrected chi connectivity index (χ0v) is 9.86. The normalized spacial score (nSPS) is 17.6. The lowest BCUT2D eigenvalue weighted by Crippen LogP contribution is -2.26. The predicted octanol–water partition coefficient (Wildman–Crippen LogP) is 1.97. The Morgan fingerprint density at radius 1 is 1.35 bits per heavy atom. The second-order valence-electron chi connectivity index (χ2n) is 3.85. The first-order valence-corrected chi connectivity index (χ1v) is 5.37. The van der Waals surface area contributed by atoms with Crippen LogP contribution < -0.4 is 10.2 Å². The van der Waals surface area contributed by atoms with Crippen LogP contribution >= 0.6 is 0 Å². The molecule has 0 saturated heterocycles. The van der Waals surface area contributed by atoms with Gasteiger partial charge in [0.15, 0.2) is 0 Å². The molecule has 1 aliphatic heterocycles. The van der Waals surface area contributed by atoms with Gasteiger partial charge in [0.2, 0.25) is 5.91 Å². The Bertz CT molecular complexity index is 487. The summed E-state index contributed by atoms with van der Waals surface area (Å²) in [6, 6.07) is 7.68. The number of carbonyl (C=O) groups is 1. The Hall–Kier alpha value is -2.10. The van der Waals surface area contributed by atoms with Gasteiger partial charge in [-0.15, -0.1) is 0 Å². The highest BCUT2D eigenvalue weighted by molar-refractivity contribution is 6.08. The van der Waals surface area contributed by atoms with E-state index in [0.717, 1.165) is 22.6 Å². The Kier molecular flexibility index (Phi) is 3.23. The van der Waals surface area contributed by atoms with Gasteiger partial charge in [0.05, 0.1) is 19.2 Å². The summed E-state index contributed by atoms with van der Waals surface area (Å²) in [7, 11) is 1.63. The molecule has 1 aliphatic rings. The van der Waals surface area contributed by atoms with E-state index in [0.29, 0.717) is 6.42 Å². The van der Waals surface area contributed by atoms with Crippen molar-refractivity contribution in [3.63, 3.8) is 0 Å². The molecule has 0 bridgehead atoms. The van der Waals surface area contributed by atoms with E-state index < -0.39 is 0 Å². The van der Waals surface area contributed by atoms with Crippen molar-refractivity contribution in [2.24, 2.45) is 5.10 Å². The number of nitrogens with one attached hydrogen (secondary N) is 1. The third-order valence-corrected chi connectivity index (χ3v) is 2.62. The largest absolute Gasteiger partial charge is 0.497 e. The molecular weight excluding hydrogens is 216 g/mol. The van der Waals surface area contributed by atoms with Crippen LogP contribution in [0, 0.1) is 0 Å². The van der Waals surface area contributed by atoms with Crippen LogP contribution in [-0.2, 0) is 4.79 Å². The number of hydrazone groups is 1. The fourth-order valence-electron chi connectivity index (χ4n) is 1.62. The smallest absolute Gasteiger partial charge is 0.244 e. The third-order valence-electron chi connectivity index (χ3n) is 2.62. The van der Waals surface area contributed by atoms with Crippen molar-refractivity contribution in [3.8, 4) is 5.75 Å². The lowest BCUT2D eigenvalue weighted by Gasteiger charge is -2.12. The summed E-state index contributed by atoms with van der Waals surface area (Å²) in [5, 5.41) is 3.95. The minimum Gasteiger partial charge on any atom is -0.497 e. The molecule has 0 aliphatic carbocycles. The maximum absolute atomic E-state index is 11.2. The number of carbonyl (C=O) groups excluding carboxylic acids is 1. The summed E-state index contributed by atoms with van der Waals surface area (Å²) in [5.41, 5.74) is 5.28. The topological polar surface area (TPSA) is 50.7 Å². The van der Waals surface area contributed by atoms with Gasteiger partial charge >= 0.3 is 0 Å². The molecule has 4 nitrogen and oxygen atoms in total. The third kappa shape index (κ3) is 2.72. The number of ether oxygens (including phenoxy) is 1. The fraction of sp³-hybridized carbons (Fsp3) is 0.231. The highest BCUT2D eigenvalue weighted by Crippen LogP contribution is 2.17. The van der Waals surface area contributed by atoms with Gasteiger partial charge in [0, 0.05) is 0 Å². The minimum absolute atomic E-state index is 0.0737. The van der Waals surface area contributed by atoms with E-state index in [-0.39, 0.29) is 5.91 Å². The zero-order valence-electron chi connectivity index (χ0n) is 9.86. The van der Waals surface area contributed by atoms with Gasteiger partial charge < -0.3 is 4.74 Å². The Morgan fingerprint density at radius 3 is 2.71 bits per heavy atom. The summed E-state index contributed by atoms with van der Waals surface area (Å²) in [6.07, 6.45) is 2.35. The molecule has 0 fully saturated rings. The molecule has 0 unspecified atom stereocenters. The van der Waals surface area contributed by atoms with Crippen LogP contribution in [0.5, 0.6) is 5.75 Å². The van der Waals surface area contributed by atoms with Crippen LogP contribution in [-0.4, -0.2) is 18.7 Å². The first-order valence-electron chi connectivity index (χ1n) is 5.37. The molecule has 0 spiro atoms. The van der Waals surface area contributed by atoms with Gasteiger partial charge in [-0.05, 0) is 36.3 Å². The van der Waals surface area contributed by atoms with E-state index in [4.69, 9.17) is 4.74 Å². The van der Waals surface area contributed by atoms with Crippen molar-refractivity contribution in [3.05, 3.63) is 35.4 Å². The van der Waals surface area contributed by atoms with Gasteiger partial charge in [-0.2, -0.15) is 5.10 Å².